The normalized spacial score (nSPS) is 10.8. The number of hydrogen-bond donors (Lipinski definition) is 2. The summed E-state index contributed by atoms with van der Waals surface area (Å²) in [6.45, 7) is 2.57. The number of benzene rings is 2. The van der Waals surface area contributed by atoms with Gasteiger partial charge in [-0.15, -0.1) is 0 Å². The molecule has 0 atom stereocenters. The van der Waals surface area contributed by atoms with E-state index in [1.807, 2.05) is 49.4 Å². The molecule has 25 heavy (non-hydrogen) atoms. The average Bonchev–Trinajstić information content (AvgIpc) is 2.90. The predicted molar refractivity (Wildman–Crippen MR) is 101 cm³/mol. The highest BCUT2D eigenvalue weighted by Gasteiger charge is 2.12. The Balaban J connectivity index is 1.61. The average molecular weight is 357 g/mol. The summed E-state index contributed by atoms with van der Waals surface area (Å²) in [7, 11) is 1.65. The van der Waals surface area contributed by atoms with Crippen molar-refractivity contribution in [3.05, 3.63) is 64.3 Å². The molecule has 0 saturated heterocycles. The lowest BCUT2D eigenvalue weighted by Crippen LogP contribution is -2.27. The number of H-pyrrole nitrogens is 1. The van der Waals surface area contributed by atoms with Gasteiger partial charge in [-0.2, -0.15) is 0 Å². The molecule has 0 unspecified atom stereocenters. The van der Waals surface area contributed by atoms with Crippen molar-refractivity contribution in [2.24, 2.45) is 0 Å². The van der Waals surface area contributed by atoms with E-state index in [2.05, 4.69) is 10.3 Å². The zero-order valence-corrected chi connectivity index (χ0v) is 15.1. The van der Waals surface area contributed by atoms with E-state index in [0.29, 0.717) is 18.0 Å². The number of nitrogens with one attached hydrogen (secondary N) is 2. The molecule has 4 nitrogen and oxygen atoms in total. The maximum atomic E-state index is 12.3. The van der Waals surface area contributed by atoms with Crippen LogP contribution in [0.3, 0.4) is 0 Å². The van der Waals surface area contributed by atoms with Gasteiger partial charge in [-0.25, -0.2) is 0 Å². The number of carbonyl (C=O) groups excluding carboxylic acids is 1. The van der Waals surface area contributed by atoms with Crippen molar-refractivity contribution in [3.63, 3.8) is 0 Å². The van der Waals surface area contributed by atoms with Gasteiger partial charge in [-0.1, -0.05) is 23.7 Å². The van der Waals surface area contributed by atoms with E-state index in [9.17, 15) is 4.79 Å². The molecule has 1 aromatic heterocycles. The van der Waals surface area contributed by atoms with Gasteiger partial charge in [0.1, 0.15) is 5.75 Å². The standard InChI is InChI=1S/C20H21ClN2O2/c1-13-17(18-11-15(21)6-7-19(18)23-13)12-20(24)22-9-8-14-4-3-5-16(10-14)25-2/h3-7,10-11,23H,8-9,12H2,1-2H3,(H,22,24). The smallest absolute Gasteiger partial charge is 0.224 e. The highest BCUT2D eigenvalue weighted by atomic mass is 35.5. The summed E-state index contributed by atoms with van der Waals surface area (Å²) in [6, 6.07) is 13.6. The minimum atomic E-state index is 0.00636. The number of rotatable bonds is 6. The summed E-state index contributed by atoms with van der Waals surface area (Å²) < 4.78 is 5.21. The first kappa shape index (κ1) is 17.4. The number of aromatic nitrogens is 1. The van der Waals surface area contributed by atoms with Gasteiger partial charge in [0, 0.05) is 28.2 Å². The van der Waals surface area contributed by atoms with Crippen molar-refractivity contribution in [2.45, 2.75) is 19.8 Å². The number of methoxy groups -OCH3 is 1. The molecule has 5 heteroatoms. The molecule has 1 heterocycles. The first-order valence-corrected chi connectivity index (χ1v) is 8.61. The molecule has 0 saturated carbocycles. The third kappa shape index (κ3) is 4.15. The van der Waals surface area contributed by atoms with E-state index >= 15 is 0 Å². The molecule has 0 spiro atoms. The molecular weight excluding hydrogens is 336 g/mol. The monoisotopic (exact) mass is 356 g/mol. The van der Waals surface area contributed by atoms with Crippen LogP contribution in [0.5, 0.6) is 5.75 Å². The maximum Gasteiger partial charge on any atom is 0.224 e. The van der Waals surface area contributed by atoms with Gasteiger partial charge >= 0.3 is 0 Å². The Labute approximate surface area is 152 Å². The van der Waals surface area contributed by atoms with E-state index in [1.165, 1.54) is 0 Å². The van der Waals surface area contributed by atoms with Crippen LogP contribution in [-0.2, 0) is 17.6 Å². The van der Waals surface area contributed by atoms with E-state index in [4.69, 9.17) is 16.3 Å². The molecule has 0 aliphatic rings. The molecule has 0 aliphatic carbocycles. The van der Waals surface area contributed by atoms with Crippen LogP contribution >= 0.6 is 11.6 Å². The summed E-state index contributed by atoms with van der Waals surface area (Å²) in [6.07, 6.45) is 1.10. The highest BCUT2D eigenvalue weighted by Crippen LogP contribution is 2.25. The number of ether oxygens (including phenoxy) is 1. The van der Waals surface area contributed by atoms with Crippen molar-refractivity contribution in [2.75, 3.05) is 13.7 Å². The minimum absolute atomic E-state index is 0.00636. The van der Waals surface area contributed by atoms with Crippen molar-refractivity contribution in [3.8, 4) is 5.75 Å². The number of aromatic amines is 1. The Morgan fingerprint density at radius 1 is 1.24 bits per heavy atom. The fraction of sp³-hybridized carbons (Fsp3) is 0.250. The number of hydrogen-bond acceptors (Lipinski definition) is 2. The van der Waals surface area contributed by atoms with Gasteiger partial charge in [0.05, 0.1) is 13.5 Å². The quantitative estimate of drug-likeness (QED) is 0.700. The minimum Gasteiger partial charge on any atom is -0.497 e. The highest BCUT2D eigenvalue weighted by molar-refractivity contribution is 6.31. The van der Waals surface area contributed by atoms with E-state index < -0.39 is 0 Å². The summed E-state index contributed by atoms with van der Waals surface area (Å²) in [5.41, 5.74) is 4.13. The van der Waals surface area contributed by atoms with Crippen LogP contribution in [0.25, 0.3) is 10.9 Å². The van der Waals surface area contributed by atoms with Crippen molar-refractivity contribution in [1.29, 1.82) is 0 Å². The Morgan fingerprint density at radius 3 is 2.88 bits per heavy atom. The summed E-state index contributed by atoms with van der Waals surface area (Å²) in [4.78, 5) is 15.6. The van der Waals surface area contributed by atoms with Gasteiger partial charge < -0.3 is 15.0 Å². The molecule has 3 rings (SSSR count). The van der Waals surface area contributed by atoms with Gasteiger partial charge in [0.2, 0.25) is 5.91 Å². The first-order chi connectivity index (χ1) is 12.1. The zero-order valence-electron chi connectivity index (χ0n) is 14.4. The summed E-state index contributed by atoms with van der Waals surface area (Å²) >= 11 is 6.09. The first-order valence-electron chi connectivity index (χ1n) is 8.23. The third-order valence-corrected chi connectivity index (χ3v) is 4.52. The molecule has 3 aromatic rings. The number of fused-ring (bicyclic) bond motifs is 1. The molecular formula is C20H21ClN2O2. The van der Waals surface area contributed by atoms with Crippen LogP contribution in [0.15, 0.2) is 42.5 Å². The molecule has 1 amide bonds. The molecule has 0 bridgehead atoms. The second-order valence-corrected chi connectivity index (χ2v) is 6.48. The molecule has 130 valence electrons. The van der Waals surface area contributed by atoms with Gasteiger partial charge in [0.15, 0.2) is 0 Å². The lowest BCUT2D eigenvalue weighted by atomic mass is 10.1. The summed E-state index contributed by atoms with van der Waals surface area (Å²) in [5.74, 6) is 0.835. The largest absolute Gasteiger partial charge is 0.497 e. The Kier molecular flexibility index (Phi) is 5.29. The Bertz CT molecular complexity index is 902. The fourth-order valence-electron chi connectivity index (χ4n) is 2.98. The zero-order chi connectivity index (χ0) is 17.8. The van der Waals surface area contributed by atoms with Crippen molar-refractivity contribution >= 4 is 28.4 Å². The van der Waals surface area contributed by atoms with E-state index in [-0.39, 0.29) is 5.91 Å². The van der Waals surface area contributed by atoms with Crippen LogP contribution in [0.1, 0.15) is 16.8 Å². The summed E-state index contributed by atoms with van der Waals surface area (Å²) in [5, 5.41) is 4.67. The maximum absolute atomic E-state index is 12.3. The SMILES string of the molecule is COc1cccc(CCNC(=O)Cc2c(C)[nH]c3ccc(Cl)cc23)c1. The van der Waals surface area contributed by atoms with Crippen LogP contribution < -0.4 is 10.1 Å². The molecule has 0 fully saturated rings. The number of aryl methyl sites for hydroxylation is 1. The lowest BCUT2D eigenvalue weighted by Gasteiger charge is -2.07. The fourth-order valence-corrected chi connectivity index (χ4v) is 3.15. The Hall–Kier alpha value is -2.46. The topological polar surface area (TPSA) is 54.1 Å². The predicted octanol–water partition coefficient (Wildman–Crippen LogP) is 4.04. The van der Waals surface area contributed by atoms with Crippen LogP contribution in [-0.4, -0.2) is 24.5 Å². The third-order valence-electron chi connectivity index (χ3n) is 4.29. The van der Waals surface area contributed by atoms with Gasteiger partial charge in [-0.05, 0) is 54.8 Å². The second-order valence-electron chi connectivity index (χ2n) is 6.05. The molecule has 0 radical (unpaired) electrons. The van der Waals surface area contributed by atoms with E-state index in [0.717, 1.165) is 39.9 Å². The molecule has 2 aromatic carbocycles. The van der Waals surface area contributed by atoms with Crippen molar-refractivity contribution in [1.82, 2.24) is 10.3 Å². The van der Waals surface area contributed by atoms with Crippen LogP contribution in [0.4, 0.5) is 0 Å². The lowest BCUT2D eigenvalue weighted by molar-refractivity contribution is -0.120. The number of amides is 1. The van der Waals surface area contributed by atoms with Crippen molar-refractivity contribution < 1.29 is 9.53 Å². The van der Waals surface area contributed by atoms with E-state index in [1.54, 1.807) is 7.11 Å². The molecule has 0 aliphatic heterocycles. The number of carbonyl (C=O) groups is 1. The Morgan fingerprint density at radius 2 is 2.08 bits per heavy atom. The van der Waals surface area contributed by atoms with Gasteiger partial charge in [-0.3, -0.25) is 4.79 Å². The molecule has 2 N–H and O–H groups in total. The van der Waals surface area contributed by atoms with Crippen LogP contribution in [0, 0.1) is 6.92 Å². The van der Waals surface area contributed by atoms with Crippen LogP contribution in [0.2, 0.25) is 5.02 Å². The van der Waals surface area contributed by atoms with Gasteiger partial charge in [0.25, 0.3) is 0 Å². The second kappa shape index (κ2) is 7.62. The number of halogens is 1.